The Hall–Kier alpha value is -2.16. The molecule has 2 nitrogen and oxygen atoms in total. The van der Waals surface area contributed by atoms with Gasteiger partial charge >= 0.3 is 0 Å². The van der Waals surface area contributed by atoms with E-state index in [1.54, 1.807) is 56.3 Å². The zero-order valence-corrected chi connectivity index (χ0v) is 11.6. The third-order valence-corrected chi connectivity index (χ3v) is 3.31. The van der Waals surface area contributed by atoms with Gasteiger partial charge in [0, 0.05) is 12.0 Å². The molecule has 0 saturated carbocycles. The van der Waals surface area contributed by atoms with Crippen LogP contribution in [0.4, 0.5) is 4.39 Å². The Labute approximate surface area is 117 Å². The molecular weight excluding hydrogens is 255 g/mol. The molecule has 104 valence electrons. The Balaban J connectivity index is 2.16. The van der Waals surface area contributed by atoms with Gasteiger partial charge in [-0.3, -0.25) is 4.79 Å². The molecule has 0 heterocycles. The summed E-state index contributed by atoms with van der Waals surface area (Å²) < 4.78 is 14.1. The SMILES string of the molecule is Cc1cc(C[C@H](F)C(=O)c2ccccc2)cc(C)c1O. The predicted octanol–water partition coefficient (Wildman–Crippen LogP) is 3.77. The summed E-state index contributed by atoms with van der Waals surface area (Å²) in [4.78, 5) is 12.0. The maximum Gasteiger partial charge on any atom is 0.197 e. The smallest absolute Gasteiger partial charge is 0.197 e. The minimum absolute atomic E-state index is 0.0235. The van der Waals surface area contributed by atoms with Crippen LogP contribution in [0.15, 0.2) is 42.5 Å². The van der Waals surface area contributed by atoms with Gasteiger partial charge in [-0.2, -0.15) is 0 Å². The van der Waals surface area contributed by atoms with Gasteiger partial charge in [0.05, 0.1) is 0 Å². The Bertz CT molecular complexity index is 597. The number of halogens is 1. The first-order valence-corrected chi connectivity index (χ1v) is 6.51. The zero-order chi connectivity index (χ0) is 14.7. The minimum Gasteiger partial charge on any atom is -0.507 e. The van der Waals surface area contributed by atoms with Crippen LogP contribution >= 0.6 is 0 Å². The van der Waals surface area contributed by atoms with E-state index in [0.29, 0.717) is 16.7 Å². The number of carbonyl (C=O) groups is 1. The van der Waals surface area contributed by atoms with Crippen LogP contribution in [0.2, 0.25) is 0 Å². The Morgan fingerprint density at radius 2 is 1.70 bits per heavy atom. The summed E-state index contributed by atoms with van der Waals surface area (Å²) in [6.45, 7) is 3.52. The molecule has 3 heteroatoms. The van der Waals surface area contributed by atoms with E-state index < -0.39 is 12.0 Å². The first-order valence-electron chi connectivity index (χ1n) is 6.51. The van der Waals surface area contributed by atoms with Crippen LogP contribution in [0.25, 0.3) is 0 Å². The highest BCUT2D eigenvalue weighted by Gasteiger charge is 2.20. The summed E-state index contributed by atoms with van der Waals surface area (Å²) in [7, 11) is 0. The maximum atomic E-state index is 14.1. The van der Waals surface area contributed by atoms with E-state index >= 15 is 0 Å². The minimum atomic E-state index is -1.57. The van der Waals surface area contributed by atoms with Crippen LogP contribution in [0.1, 0.15) is 27.0 Å². The van der Waals surface area contributed by atoms with Crippen molar-refractivity contribution in [2.24, 2.45) is 0 Å². The monoisotopic (exact) mass is 272 g/mol. The molecule has 2 aromatic rings. The lowest BCUT2D eigenvalue weighted by molar-refractivity contribution is 0.0877. The van der Waals surface area contributed by atoms with Gasteiger partial charge in [0.2, 0.25) is 0 Å². The average Bonchev–Trinajstić information content (AvgIpc) is 2.44. The number of carbonyl (C=O) groups excluding carboxylic acids is 1. The number of ketones is 1. The number of alkyl halides is 1. The molecule has 1 atom stereocenters. The molecule has 0 unspecified atom stereocenters. The Kier molecular flexibility index (Phi) is 4.18. The Morgan fingerprint density at radius 1 is 1.15 bits per heavy atom. The van der Waals surface area contributed by atoms with Crippen LogP contribution in [0.5, 0.6) is 5.75 Å². The van der Waals surface area contributed by atoms with Crippen LogP contribution in [0, 0.1) is 13.8 Å². The van der Waals surface area contributed by atoms with Crippen molar-refractivity contribution in [2.45, 2.75) is 26.4 Å². The molecular formula is C17H17FO2. The summed E-state index contributed by atoms with van der Waals surface area (Å²) in [6.07, 6.45) is -1.55. The second-order valence-corrected chi connectivity index (χ2v) is 4.98. The van der Waals surface area contributed by atoms with Crippen molar-refractivity contribution in [2.75, 3.05) is 0 Å². The number of benzene rings is 2. The number of rotatable bonds is 4. The van der Waals surface area contributed by atoms with Gasteiger partial charge in [-0.05, 0) is 30.5 Å². The molecule has 0 saturated heterocycles. The molecule has 0 aliphatic rings. The Morgan fingerprint density at radius 3 is 2.25 bits per heavy atom. The normalized spacial score (nSPS) is 12.2. The van der Waals surface area contributed by atoms with Crippen LogP contribution in [-0.2, 0) is 6.42 Å². The molecule has 0 amide bonds. The van der Waals surface area contributed by atoms with E-state index in [4.69, 9.17) is 0 Å². The summed E-state index contributed by atoms with van der Waals surface area (Å²) in [5.41, 5.74) is 2.49. The average molecular weight is 272 g/mol. The second-order valence-electron chi connectivity index (χ2n) is 4.98. The first-order chi connectivity index (χ1) is 9.49. The third kappa shape index (κ3) is 3.05. The van der Waals surface area contributed by atoms with Crippen LogP contribution in [-0.4, -0.2) is 17.1 Å². The van der Waals surface area contributed by atoms with Gasteiger partial charge < -0.3 is 5.11 Å². The first kappa shape index (κ1) is 14.3. The molecule has 0 bridgehead atoms. The highest BCUT2D eigenvalue weighted by molar-refractivity contribution is 5.99. The molecule has 0 aromatic heterocycles. The number of aromatic hydroxyl groups is 1. The predicted molar refractivity (Wildman–Crippen MR) is 77.0 cm³/mol. The lowest BCUT2D eigenvalue weighted by Crippen LogP contribution is -2.18. The second kappa shape index (κ2) is 5.87. The van der Waals surface area contributed by atoms with Crippen molar-refractivity contribution < 1.29 is 14.3 Å². The number of hydrogen-bond donors (Lipinski definition) is 1. The number of Topliss-reactive ketones (excluding diaryl/α,β-unsaturated/α-hetero) is 1. The summed E-state index contributed by atoms with van der Waals surface area (Å²) >= 11 is 0. The lowest BCUT2D eigenvalue weighted by atomic mass is 9.98. The fourth-order valence-electron chi connectivity index (χ4n) is 2.25. The van der Waals surface area contributed by atoms with E-state index in [-0.39, 0.29) is 12.2 Å². The maximum absolute atomic E-state index is 14.1. The molecule has 0 radical (unpaired) electrons. The molecule has 0 aliphatic heterocycles. The molecule has 0 aliphatic carbocycles. The van der Waals surface area contributed by atoms with Crippen molar-refractivity contribution in [3.8, 4) is 5.75 Å². The third-order valence-electron chi connectivity index (χ3n) is 3.31. The van der Waals surface area contributed by atoms with Crippen LogP contribution < -0.4 is 0 Å². The van der Waals surface area contributed by atoms with Gasteiger partial charge in [0.25, 0.3) is 0 Å². The van der Waals surface area contributed by atoms with Crippen LogP contribution in [0.3, 0.4) is 0 Å². The number of phenolic OH excluding ortho intramolecular Hbond substituents is 1. The van der Waals surface area contributed by atoms with Gasteiger partial charge in [0.15, 0.2) is 12.0 Å². The summed E-state index contributed by atoms with van der Waals surface area (Å²) in [5.74, 6) is -0.285. The van der Waals surface area contributed by atoms with Crippen molar-refractivity contribution in [3.63, 3.8) is 0 Å². The quantitative estimate of drug-likeness (QED) is 0.860. The topological polar surface area (TPSA) is 37.3 Å². The molecule has 2 rings (SSSR count). The van der Waals surface area contributed by atoms with Crippen molar-refractivity contribution in [1.29, 1.82) is 0 Å². The lowest BCUT2D eigenvalue weighted by Gasteiger charge is -2.10. The molecule has 2 aromatic carbocycles. The standard InChI is InChI=1S/C17H17FO2/c1-11-8-13(9-12(2)16(11)19)10-15(18)17(20)14-6-4-3-5-7-14/h3-9,15,19H,10H2,1-2H3/t15-/m0/s1. The van der Waals surface area contributed by atoms with Crippen molar-refractivity contribution in [1.82, 2.24) is 0 Å². The highest BCUT2D eigenvalue weighted by atomic mass is 19.1. The van der Waals surface area contributed by atoms with Gasteiger partial charge in [-0.1, -0.05) is 42.5 Å². The van der Waals surface area contributed by atoms with E-state index in [1.165, 1.54) is 0 Å². The fraction of sp³-hybridized carbons (Fsp3) is 0.235. The highest BCUT2D eigenvalue weighted by Crippen LogP contribution is 2.24. The molecule has 20 heavy (non-hydrogen) atoms. The molecule has 1 N–H and O–H groups in total. The van der Waals surface area contributed by atoms with Gasteiger partial charge in [-0.15, -0.1) is 0 Å². The van der Waals surface area contributed by atoms with E-state index in [0.717, 1.165) is 5.56 Å². The number of hydrogen-bond acceptors (Lipinski definition) is 2. The van der Waals surface area contributed by atoms with E-state index in [9.17, 15) is 14.3 Å². The van der Waals surface area contributed by atoms with Crippen molar-refractivity contribution >= 4 is 5.78 Å². The molecule has 0 spiro atoms. The number of phenols is 1. The largest absolute Gasteiger partial charge is 0.507 e. The number of aryl methyl sites for hydroxylation is 2. The zero-order valence-electron chi connectivity index (χ0n) is 11.6. The van der Waals surface area contributed by atoms with Gasteiger partial charge in [0.1, 0.15) is 5.75 Å². The summed E-state index contributed by atoms with van der Waals surface area (Å²) in [6, 6.07) is 11.9. The fourth-order valence-corrected chi connectivity index (χ4v) is 2.25. The van der Waals surface area contributed by atoms with Crippen molar-refractivity contribution in [3.05, 3.63) is 64.7 Å². The van der Waals surface area contributed by atoms with E-state index in [2.05, 4.69) is 0 Å². The molecule has 0 fully saturated rings. The van der Waals surface area contributed by atoms with Gasteiger partial charge in [-0.25, -0.2) is 4.39 Å². The van der Waals surface area contributed by atoms with E-state index in [1.807, 2.05) is 0 Å². The summed E-state index contributed by atoms with van der Waals surface area (Å²) in [5, 5.41) is 9.69.